The predicted octanol–water partition coefficient (Wildman–Crippen LogP) is 6.11. The lowest BCUT2D eigenvalue weighted by Crippen LogP contribution is -2.31. The molecular weight excluding hydrogens is 581 g/mol. The number of hydrazine groups is 1. The summed E-state index contributed by atoms with van der Waals surface area (Å²) < 4.78 is 95.1. The van der Waals surface area contributed by atoms with Crippen molar-refractivity contribution in [3.63, 3.8) is 0 Å². The number of sulfone groups is 1. The molecule has 0 aliphatic carbocycles. The van der Waals surface area contributed by atoms with Crippen LogP contribution >= 0.6 is 0 Å². The molecular formula is C28H26F5N5O3S. The third-order valence-corrected chi connectivity index (χ3v) is 8.06. The SMILES string of the molecule is CCS(=O)(=O)c1cccc(-c2ccc(-n3cc(C(F)F)nc3C)c(N(N)/C(=C\N)c3ccc(OC(F)(F)F)cc3)c2)c1. The fourth-order valence-corrected chi connectivity index (χ4v) is 5.18. The molecule has 4 rings (SSSR count). The molecule has 8 nitrogen and oxygen atoms in total. The van der Waals surface area contributed by atoms with E-state index in [0.717, 1.165) is 29.5 Å². The van der Waals surface area contributed by atoms with Crippen LogP contribution in [-0.2, 0) is 9.84 Å². The van der Waals surface area contributed by atoms with Crippen LogP contribution in [0.3, 0.4) is 0 Å². The van der Waals surface area contributed by atoms with Crippen molar-refractivity contribution in [2.45, 2.75) is 31.5 Å². The highest BCUT2D eigenvalue weighted by molar-refractivity contribution is 7.91. The van der Waals surface area contributed by atoms with Crippen LogP contribution in [0.15, 0.2) is 84.0 Å². The fraction of sp³-hybridized carbons (Fsp3) is 0.179. The zero-order chi connectivity index (χ0) is 30.8. The molecule has 0 radical (unpaired) electrons. The Kier molecular flexibility index (Phi) is 8.59. The van der Waals surface area contributed by atoms with Crippen molar-refractivity contribution in [2.75, 3.05) is 10.8 Å². The molecule has 0 fully saturated rings. The lowest BCUT2D eigenvalue weighted by atomic mass is 10.0. The Labute approximate surface area is 238 Å². The lowest BCUT2D eigenvalue weighted by molar-refractivity contribution is -0.274. The summed E-state index contributed by atoms with van der Waals surface area (Å²) in [5, 5.41) is 1.15. The second kappa shape index (κ2) is 11.8. The Morgan fingerprint density at radius 2 is 1.74 bits per heavy atom. The van der Waals surface area contributed by atoms with Gasteiger partial charge in [-0.1, -0.05) is 25.1 Å². The summed E-state index contributed by atoms with van der Waals surface area (Å²) in [6, 6.07) is 16.0. The molecule has 0 saturated carbocycles. The zero-order valence-electron chi connectivity index (χ0n) is 22.3. The van der Waals surface area contributed by atoms with E-state index >= 15 is 0 Å². The monoisotopic (exact) mass is 607 g/mol. The van der Waals surface area contributed by atoms with Crippen molar-refractivity contribution >= 4 is 21.2 Å². The standard InChI is InChI=1S/C28H26F5N5O3S/c1-3-42(39,40)22-6-4-5-19(13-22)20-9-12-24(37-16-23(27(29)30)36-17(37)2)25(14-20)38(35)26(15-34)18-7-10-21(11-8-18)41-28(31,32)33/h4-16,27H,3,34-35H2,1-2H3/b26-15-. The molecule has 3 aromatic carbocycles. The molecule has 0 spiro atoms. The molecule has 0 aliphatic rings. The van der Waals surface area contributed by atoms with Gasteiger partial charge in [0.1, 0.15) is 17.3 Å². The number of anilines is 1. The number of aryl methyl sites for hydroxylation is 1. The maximum Gasteiger partial charge on any atom is 0.573 e. The van der Waals surface area contributed by atoms with E-state index in [1.807, 2.05) is 0 Å². The minimum Gasteiger partial charge on any atom is -0.406 e. The van der Waals surface area contributed by atoms with E-state index < -0.39 is 34.1 Å². The van der Waals surface area contributed by atoms with Crippen molar-refractivity contribution < 1.29 is 35.1 Å². The first-order valence-corrected chi connectivity index (χ1v) is 14.0. The average Bonchev–Trinajstić information content (AvgIpc) is 3.35. The van der Waals surface area contributed by atoms with Crippen LogP contribution < -0.4 is 21.3 Å². The highest BCUT2D eigenvalue weighted by Crippen LogP contribution is 2.36. The molecule has 1 aromatic heterocycles. The number of nitrogens with two attached hydrogens (primary N) is 2. The molecule has 1 heterocycles. The normalized spacial score (nSPS) is 12.5. The second-order valence-electron chi connectivity index (χ2n) is 9.01. The van der Waals surface area contributed by atoms with Gasteiger partial charge in [0, 0.05) is 18.0 Å². The molecule has 0 bridgehead atoms. The summed E-state index contributed by atoms with van der Waals surface area (Å²) in [6.07, 6.45) is -5.41. The largest absolute Gasteiger partial charge is 0.573 e. The number of imidazole rings is 1. The van der Waals surface area contributed by atoms with Crippen LogP contribution in [0.2, 0.25) is 0 Å². The summed E-state index contributed by atoms with van der Waals surface area (Å²) >= 11 is 0. The Balaban J connectivity index is 1.85. The highest BCUT2D eigenvalue weighted by atomic mass is 32.2. The van der Waals surface area contributed by atoms with Gasteiger partial charge in [0.2, 0.25) is 0 Å². The van der Waals surface area contributed by atoms with Gasteiger partial charge in [-0.3, -0.25) is 5.01 Å². The molecule has 0 saturated heterocycles. The first-order valence-electron chi connectivity index (χ1n) is 12.4. The van der Waals surface area contributed by atoms with E-state index in [9.17, 15) is 30.4 Å². The minimum atomic E-state index is -4.88. The van der Waals surface area contributed by atoms with E-state index in [2.05, 4.69) is 9.72 Å². The van der Waals surface area contributed by atoms with Crippen LogP contribution in [0.1, 0.15) is 30.4 Å². The van der Waals surface area contributed by atoms with Gasteiger partial charge in [-0.15, -0.1) is 13.2 Å². The summed E-state index contributed by atoms with van der Waals surface area (Å²) in [7, 11) is -3.51. The molecule has 4 N–H and O–H groups in total. The molecule has 0 amide bonds. The van der Waals surface area contributed by atoms with Gasteiger partial charge < -0.3 is 15.0 Å². The van der Waals surface area contributed by atoms with Gasteiger partial charge >= 0.3 is 6.36 Å². The number of alkyl halides is 5. The van der Waals surface area contributed by atoms with Crippen molar-refractivity contribution in [3.8, 4) is 22.6 Å². The van der Waals surface area contributed by atoms with Gasteiger partial charge in [0.05, 0.1) is 27.7 Å². The van der Waals surface area contributed by atoms with E-state index in [-0.39, 0.29) is 27.9 Å². The highest BCUT2D eigenvalue weighted by Gasteiger charge is 2.31. The number of benzene rings is 3. The molecule has 14 heteroatoms. The van der Waals surface area contributed by atoms with Crippen molar-refractivity contribution in [1.82, 2.24) is 9.55 Å². The third kappa shape index (κ3) is 6.55. The van der Waals surface area contributed by atoms with Gasteiger partial charge in [-0.2, -0.15) is 0 Å². The number of ether oxygens (including phenoxy) is 1. The second-order valence-corrected chi connectivity index (χ2v) is 11.3. The average molecular weight is 608 g/mol. The van der Waals surface area contributed by atoms with Gasteiger partial charge in [-0.25, -0.2) is 28.0 Å². The van der Waals surface area contributed by atoms with Gasteiger partial charge in [-0.05, 0) is 66.6 Å². The molecule has 222 valence electrons. The quantitative estimate of drug-likeness (QED) is 0.134. The number of hydrogen-bond acceptors (Lipinski definition) is 7. The third-order valence-electron chi connectivity index (χ3n) is 6.33. The van der Waals surface area contributed by atoms with E-state index in [1.165, 1.54) is 42.7 Å². The fourth-order valence-electron chi connectivity index (χ4n) is 4.25. The first kappa shape index (κ1) is 30.5. The van der Waals surface area contributed by atoms with Crippen LogP contribution in [0.5, 0.6) is 5.75 Å². The summed E-state index contributed by atoms with van der Waals surface area (Å²) in [4.78, 5) is 4.04. The zero-order valence-corrected chi connectivity index (χ0v) is 23.1. The smallest absolute Gasteiger partial charge is 0.406 e. The number of nitrogens with zero attached hydrogens (tertiary/aromatic N) is 3. The molecule has 42 heavy (non-hydrogen) atoms. The first-order chi connectivity index (χ1) is 19.7. The maximum absolute atomic E-state index is 13.5. The topological polar surface area (TPSA) is 116 Å². The van der Waals surface area contributed by atoms with E-state index in [0.29, 0.717) is 22.4 Å². The number of halogens is 5. The van der Waals surface area contributed by atoms with Gasteiger partial charge in [0.25, 0.3) is 6.43 Å². The van der Waals surface area contributed by atoms with Crippen LogP contribution in [0, 0.1) is 6.92 Å². The number of hydrogen-bond donors (Lipinski definition) is 2. The molecule has 0 unspecified atom stereocenters. The molecule has 0 aliphatic heterocycles. The Bertz CT molecular complexity index is 1720. The summed E-state index contributed by atoms with van der Waals surface area (Å²) in [6.45, 7) is 3.06. The minimum absolute atomic E-state index is 0.0962. The summed E-state index contributed by atoms with van der Waals surface area (Å²) in [5.41, 5.74) is 7.55. The van der Waals surface area contributed by atoms with Crippen molar-refractivity contribution in [1.29, 1.82) is 0 Å². The van der Waals surface area contributed by atoms with Gasteiger partial charge in [0.15, 0.2) is 9.84 Å². The number of aromatic nitrogens is 2. The van der Waals surface area contributed by atoms with Crippen molar-refractivity contribution in [2.24, 2.45) is 11.6 Å². The van der Waals surface area contributed by atoms with Crippen molar-refractivity contribution in [3.05, 3.63) is 96.2 Å². The van der Waals surface area contributed by atoms with Crippen LogP contribution in [0.4, 0.5) is 27.6 Å². The Hall–Kier alpha value is -4.43. The lowest BCUT2D eigenvalue weighted by Gasteiger charge is -2.26. The maximum atomic E-state index is 13.5. The van der Waals surface area contributed by atoms with Crippen LogP contribution in [0.25, 0.3) is 22.5 Å². The molecule has 0 atom stereocenters. The van der Waals surface area contributed by atoms with E-state index in [4.69, 9.17) is 11.6 Å². The number of rotatable bonds is 9. The Morgan fingerprint density at radius 1 is 1.07 bits per heavy atom. The van der Waals surface area contributed by atoms with E-state index in [1.54, 1.807) is 30.3 Å². The van der Waals surface area contributed by atoms with Crippen LogP contribution in [-0.4, -0.2) is 30.1 Å². The predicted molar refractivity (Wildman–Crippen MR) is 148 cm³/mol. The Morgan fingerprint density at radius 3 is 2.31 bits per heavy atom. The summed E-state index contributed by atoms with van der Waals surface area (Å²) in [5.74, 6) is 6.22. The molecule has 4 aromatic rings.